The Kier molecular flexibility index (Phi) is 4.91. The van der Waals surface area contributed by atoms with Gasteiger partial charge >= 0.3 is 21.1 Å². The van der Waals surface area contributed by atoms with Crippen molar-refractivity contribution in [1.82, 2.24) is 18.8 Å². The van der Waals surface area contributed by atoms with Crippen LogP contribution in [0.4, 0.5) is 0 Å². The van der Waals surface area contributed by atoms with E-state index in [4.69, 9.17) is 22.9 Å². The topological polar surface area (TPSA) is 43.8 Å². The number of fused-ring (bicyclic) bond motifs is 6. The number of benzene rings is 4. The maximum Gasteiger partial charge on any atom is 2.00 e. The predicted octanol–water partition coefficient (Wildman–Crippen LogP) is 10.7. The van der Waals surface area contributed by atoms with Crippen LogP contribution in [0.2, 0.25) is 0 Å². The summed E-state index contributed by atoms with van der Waals surface area (Å²) in [5, 5.41) is 4.13. The number of aryl methyl sites for hydroxylation is 2. The molecule has 0 fully saturated rings. The molecule has 6 heterocycles. The van der Waals surface area contributed by atoms with Gasteiger partial charge in [0.25, 0.3) is 0 Å². The molecule has 0 saturated carbocycles. The summed E-state index contributed by atoms with van der Waals surface area (Å²) in [6.07, 6.45) is 3.81. The van der Waals surface area contributed by atoms with Gasteiger partial charge in [-0.3, -0.25) is 9.97 Å². The van der Waals surface area contributed by atoms with Crippen LogP contribution in [0.1, 0.15) is 97.3 Å². The average Bonchev–Trinajstić information content (AvgIpc) is 3.76. The van der Waals surface area contributed by atoms with Gasteiger partial charge in [0.1, 0.15) is 0 Å². The van der Waals surface area contributed by atoms with Crippen molar-refractivity contribution in [2.45, 2.75) is 90.8 Å². The third kappa shape index (κ3) is 3.48. The van der Waals surface area contributed by atoms with Crippen molar-refractivity contribution >= 4 is 54.6 Å². The van der Waals surface area contributed by atoms with E-state index < -0.39 is 13.7 Å². The SMILES string of the molecule is [2H]C([2H])([2H])c1ccc2c3c1c1ccc(Oc4[c-]c5c(cc4)c4c(C([2H])([2H])[2H])ccc6c4n4c(cnc54)C(C)(C)C6(C)C)[c-]c1c1ncc(n13)C(C)(C)C2(C)C.[Pt+2]. The van der Waals surface area contributed by atoms with Crippen LogP contribution in [-0.4, -0.2) is 18.8 Å². The molecular weight excluding hydrogens is 796 g/mol. The molecule has 0 atom stereocenters. The monoisotopic (exact) mass is 841 g/mol. The molecule has 4 aromatic carbocycles. The predicted molar refractivity (Wildman–Crippen MR) is 200 cm³/mol. The van der Waals surface area contributed by atoms with Crippen molar-refractivity contribution in [2.24, 2.45) is 0 Å². The van der Waals surface area contributed by atoms with Crippen LogP contribution in [0.25, 0.3) is 54.6 Å². The third-order valence-corrected chi connectivity index (χ3v) is 13.1. The van der Waals surface area contributed by atoms with Crippen LogP contribution in [0.5, 0.6) is 11.5 Å². The molecule has 0 amide bonds. The van der Waals surface area contributed by atoms with Crippen LogP contribution >= 0.6 is 0 Å². The van der Waals surface area contributed by atoms with Crippen molar-refractivity contribution in [3.05, 3.63) is 107 Å². The fourth-order valence-electron chi connectivity index (χ4n) is 8.86. The zero-order valence-corrected chi connectivity index (χ0v) is 31.6. The van der Waals surface area contributed by atoms with Gasteiger partial charge < -0.3 is 13.5 Å². The van der Waals surface area contributed by atoms with Crippen LogP contribution < -0.4 is 4.74 Å². The Balaban J connectivity index is 0.00000410. The van der Waals surface area contributed by atoms with Gasteiger partial charge in [0.2, 0.25) is 0 Å². The second-order valence-electron chi connectivity index (χ2n) is 16.2. The zero-order valence-electron chi connectivity index (χ0n) is 35.3. The summed E-state index contributed by atoms with van der Waals surface area (Å²) in [5.41, 5.74) is 6.59. The first kappa shape index (κ1) is 25.7. The molecule has 0 spiro atoms. The number of ether oxygens (including phenoxy) is 1. The molecule has 0 radical (unpaired) electrons. The molecule has 252 valence electrons. The van der Waals surface area contributed by atoms with E-state index >= 15 is 0 Å². The minimum Gasteiger partial charge on any atom is -0.497 e. The van der Waals surface area contributed by atoms with Crippen molar-refractivity contribution < 1.29 is 34.0 Å². The number of imidazole rings is 2. The summed E-state index contributed by atoms with van der Waals surface area (Å²) >= 11 is 0. The second kappa shape index (κ2) is 9.56. The Morgan fingerprint density at radius 3 is 1.40 bits per heavy atom. The van der Waals surface area contributed by atoms with Crippen LogP contribution in [0, 0.1) is 25.8 Å². The molecule has 2 aliphatic rings. The quantitative estimate of drug-likeness (QED) is 0.129. The Hall–Kier alpha value is -4.21. The molecule has 8 aromatic rings. The first-order chi connectivity index (χ1) is 25.6. The van der Waals surface area contributed by atoms with E-state index in [2.05, 4.69) is 76.3 Å². The van der Waals surface area contributed by atoms with Crippen LogP contribution in [0.3, 0.4) is 0 Å². The fourth-order valence-corrected chi connectivity index (χ4v) is 8.86. The molecule has 0 aliphatic carbocycles. The van der Waals surface area contributed by atoms with Crippen LogP contribution in [0.15, 0.2) is 60.9 Å². The largest absolute Gasteiger partial charge is 2.00 e. The van der Waals surface area contributed by atoms with Crippen molar-refractivity contribution in [3.63, 3.8) is 0 Å². The van der Waals surface area contributed by atoms with Gasteiger partial charge in [-0.2, -0.15) is 0 Å². The summed E-state index contributed by atoms with van der Waals surface area (Å²) in [5.74, 6) is 0.819. The van der Waals surface area contributed by atoms with Gasteiger partial charge in [0, 0.05) is 76.2 Å². The standard InChI is InChI=1S/C44H40N4O.Pt/c1-23-11-17-31-37-35(23)27-15-13-25(19-29(27)39-45-21-33(47(37)39)43(7,8)41(31,3)4)49-26-14-16-28-30(20-26)40-46-22-34-44(9,10)42(5,6)32-18-12-24(2)36(28)38(32)48(34)40;/h11-18,21-22H,1-10H3;/q-2;+2/i1D3,2D3;. The minimum atomic E-state index is -2.35. The zero-order chi connectivity index (χ0) is 39.2. The Bertz CT molecular complexity index is 2850. The molecule has 10 rings (SSSR count). The van der Waals surface area contributed by atoms with E-state index in [9.17, 15) is 0 Å². The van der Waals surface area contributed by atoms with E-state index in [-0.39, 0.29) is 53.9 Å². The number of nitrogens with zero attached hydrogens (tertiary/aromatic N) is 4. The Labute approximate surface area is 315 Å². The second-order valence-corrected chi connectivity index (χ2v) is 16.2. The molecule has 4 aromatic heterocycles. The van der Waals surface area contributed by atoms with Crippen molar-refractivity contribution in [1.29, 1.82) is 0 Å². The number of hydrogen-bond donors (Lipinski definition) is 0. The summed E-state index contributed by atoms with van der Waals surface area (Å²) < 4.78 is 61.9. The fraction of sp³-hybridized carbons (Fsp3) is 0.318. The summed E-state index contributed by atoms with van der Waals surface area (Å²) in [4.78, 5) is 9.88. The summed E-state index contributed by atoms with van der Waals surface area (Å²) in [6, 6.07) is 21.9. The van der Waals surface area contributed by atoms with Crippen molar-refractivity contribution in [3.8, 4) is 11.5 Å². The van der Waals surface area contributed by atoms with Gasteiger partial charge in [-0.25, -0.2) is 0 Å². The van der Waals surface area contributed by atoms with Gasteiger partial charge in [-0.05, 0) is 35.6 Å². The first-order valence-corrected chi connectivity index (χ1v) is 16.9. The molecule has 2 aliphatic heterocycles. The number of pyridine rings is 2. The number of hydrogen-bond acceptors (Lipinski definition) is 3. The van der Waals surface area contributed by atoms with E-state index in [1.165, 1.54) is 0 Å². The van der Waals surface area contributed by atoms with Crippen LogP contribution in [-0.2, 0) is 42.7 Å². The maximum atomic E-state index is 8.52. The van der Waals surface area contributed by atoms with Gasteiger partial charge in [0.15, 0.2) is 0 Å². The summed E-state index contributed by atoms with van der Waals surface area (Å²) in [6.45, 7) is 13.0. The molecule has 0 unspecified atom stereocenters. The van der Waals surface area contributed by atoms with E-state index in [1.807, 2.05) is 48.8 Å². The van der Waals surface area contributed by atoms with Gasteiger partial charge in [0.05, 0.1) is 11.3 Å². The maximum absolute atomic E-state index is 8.52. The van der Waals surface area contributed by atoms with E-state index in [0.29, 0.717) is 44.3 Å². The normalized spacial score (nSPS) is 20.2. The van der Waals surface area contributed by atoms with Gasteiger partial charge in [-0.15, -0.1) is 12.1 Å². The molecule has 5 nitrogen and oxygen atoms in total. The van der Waals surface area contributed by atoms with E-state index in [1.54, 1.807) is 12.1 Å². The molecule has 0 bridgehead atoms. The Morgan fingerprint density at radius 1 is 0.580 bits per heavy atom. The number of rotatable bonds is 2. The molecule has 50 heavy (non-hydrogen) atoms. The molecule has 6 heteroatoms. The summed E-state index contributed by atoms with van der Waals surface area (Å²) in [7, 11) is 0. The minimum absolute atomic E-state index is 0. The average molecular weight is 842 g/mol. The first-order valence-electron chi connectivity index (χ1n) is 19.9. The smallest absolute Gasteiger partial charge is 0.497 e. The Morgan fingerprint density at radius 2 is 1.00 bits per heavy atom. The molecule has 0 saturated heterocycles. The van der Waals surface area contributed by atoms with E-state index in [0.717, 1.165) is 44.3 Å². The van der Waals surface area contributed by atoms with Crippen molar-refractivity contribution in [2.75, 3.05) is 0 Å². The number of aromatic nitrogens is 4. The molecule has 0 N–H and O–H groups in total. The third-order valence-electron chi connectivity index (χ3n) is 13.1. The molecular formula is C44H40N4OPt. The van der Waals surface area contributed by atoms with Gasteiger partial charge in [-0.1, -0.05) is 137 Å².